The number of aryl methyl sites for hydroxylation is 2. The molecule has 17 heavy (non-hydrogen) atoms. The van der Waals surface area contributed by atoms with Gasteiger partial charge < -0.3 is 10.4 Å². The van der Waals surface area contributed by atoms with Gasteiger partial charge in [-0.1, -0.05) is 0 Å². The number of carbonyl (C=O) groups is 1. The summed E-state index contributed by atoms with van der Waals surface area (Å²) in [6, 6.07) is 5.20. The molecule has 0 spiro atoms. The Hall–Kier alpha value is -2.35. The molecule has 0 aliphatic rings. The van der Waals surface area contributed by atoms with Crippen LogP contribution in [0.1, 0.15) is 18.2 Å². The Morgan fingerprint density at radius 3 is 2.59 bits per heavy atom. The number of nitrogens with zero attached hydrogens (tertiary/aromatic N) is 2. The first-order valence-corrected chi connectivity index (χ1v) is 5.00. The summed E-state index contributed by atoms with van der Waals surface area (Å²) in [7, 11) is 0. The normalized spacial score (nSPS) is 11.4. The Bertz CT molecular complexity index is 503. The van der Waals surface area contributed by atoms with Crippen molar-refractivity contribution in [2.45, 2.75) is 20.8 Å². The van der Waals surface area contributed by atoms with E-state index in [4.69, 9.17) is 10.4 Å². The average molecular weight is 231 g/mol. The molecule has 2 N–H and O–H groups in total. The van der Waals surface area contributed by atoms with E-state index >= 15 is 0 Å². The third-order valence-corrected chi connectivity index (χ3v) is 2.04. The van der Waals surface area contributed by atoms with Gasteiger partial charge in [0.15, 0.2) is 5.57 Å². The maximum Gasteiger partial charge on any atom is 0.270 e. The van der Waals surface area contributed by atoms with Crippen molar-refractivity contribution >= 4 is 11.7 Å². The second kappa shape index (κ2) is 5.12. The second-order valence-electron chi connectivity index (χ2n) is 3.70. The van der Waals surface area contributed by atoms with Crippen LogP contribution in [0.25, 0.3) is 0 Å². The van der Waals surface area contributed by atoms with E-state index in [1.807, 2.05) is 13.0 Å². The molecule has 1 aromatic heterocycles. The highest BCUT2D eigenvalue weighted by atomic mass is 16.3. The van der Waals surface area contributed by atoms with Gasteiger partial charge in [0.2, 0.25) is 0 Å². The monoisotopic (exact) mass is 231 g/mol. The molecule has 0 aromatic carbocycles. The van der Waals surface area contributed by atoms with Crippen molar-refractivity contribution in [3.63, 3.8) is 0 Å². The highest BCUT2D eigenvalue weighted by Crippen LogP contribution is 2.11. The SMILES string of the molecule is CC(O)=C(C#N)C(=O)Nc1cc(C)cc(C)n1. The lowest BCUT2D eigenvalue weighted by molar-refractivity contribution is -0.112. The van der Waals surface area contributed by atoms with E-state index in [0.717, 1.165) is 11.3 Å². The van der Waals surface area contributed by atoms with Gasteiger partial charge in [0.25, 0.3) is 5.91 Å². The van der Waals surface area contributed by atoms with E-state index in [2.05, 4.69) is 10.3 Å². The molecule has 1 rings (SSSR count). The van der Waals surface area contributed by atoms with Crippen molar-refractivity contribution in [2.24, 2.45) is 0 Å². The first kappa shape index (κ1) is 12.7. The van der Waals surface area contributed by atoms with Crippen LogP contribution in [0, 0.1) is 25.2 Å². The third-order valence-electron chi connectivity index (χ3n) is 2.04. The van der Waals surface area contributed by atoms with Crippen LogP contribution >= 0.6 is 0 Å². The molecule has 0 atom stereocenters. The number of pyridine rings is 1. The van der Waals surface area contributed by atoms with E-state index in [9.17, 15) is 4.79 Å². The summed E-state index contributed by atoms with van der Waals surface area (Å²) in [5.74, 6) is -0.610. The van der Waals surface area contributed by atoms with E-state index in [1.54, 1.807) is 19.1 Å². The minimum Gasteiger partial charge on any atom is -0.511 e. The minimum atomic E-state index is -0.662. The van der Waals surface area contributed by atoms with Gasteiger partial charge in [-0.15, -0.1) is 0 Å². The van der Waals surface area contributed by atoms with Crippen LogP contribution < -0.4 is 5.32 Å². The van der Waals surface area contributed by atoms with Crippen LogP contribution in [0.4, 0.5) is 5.82 Å². The first-order chi connectivity index (χ1) is 7.93. The molecule has 0 radical (unpaired) electrons. The zero-order valence-corrected chi connectivity index (χ0v) is 9.90. The number of aromatic nitrogens is 1. The molecular weight excluding hydrogens is 218 g/mol. The van der Waals surface area contributed by atoms with Crippen molar-refractivity contribution in [1.29, 1.82) is 5.26 Å². The number of carbonyl (C=O) groups excluding carboxylic acids is 1. The first-order valence-electron chi connectivity index (χ1n) is 5.00. The Labute approximate surface area is 99.4 Å². The van der Waals surface area contributed by atoms with Gasteiger partial charge in [0.05, 0.1) is 0 Å². The number of aliphatic hydroxyl groups excluding tert-OH is 1. The summed E-state index contributed by atoms with van der Waals surface area (Å²) in [6.45, 7) is 4.97. The van der Waals surface area contributed by atoms with Crippen molar-refractivity contribution in [3.05, 3.63) is 34.7 Å². The lowest BCUT2D eigenvalue weighted by atomic mass is 10.2. The summed E-state index contributed by atoms with van der Waals surface area (Å²) in [4.78, 5) is 15.7. The van der Waals surface area contributed by atoms with E-state index in [-0.39, 0.29) is 11.3 Å². The number of allylic oxidation sites excluding steroid dienone is 1. The number of hydrogen-bond acceptors (Lipinski definition) is 4. The molecule has 0 saturated heterocycles. The van der Waals surface area contributed by atoms with Crippen LogP contribution in [0.15, 0.2) is 23.5 Å². The number of hydrogen-bond donors (Lipinski definition) is 2. The van der Waals surface area contributed by atoms with Gasteiger partial charge in [0, 0.05) is 5.69 Å². The maximum atomic E-state index is 11.6. The highest BCUT2D eigenvalue weighted by molar-refractivity contribution is 6.06. The number of nitriles is 1. The van der Waals surface area contributed by atoms with Crippen molar-refractivity contribution < 1.29 is 9.90 Å². The molecule has 5 nitrogen and oxygen atoms in total. The fraction of sp³-hybridized carbons (Fsp3) is 0.250. The predicted octanol–water partition coefficient (Wildman–Crippen LogP) is 1.99. The van der Waals surface area contributed by atoms with Gasteiger partial charge in [-0.2, -0.15) is 5.26 Å². The number of amides is 1. The van der Waals surface area contributed by atoms with Gasteiger partial charge in [-0.25, -0.2) is 4.98 Å². The molecule has 1 amide bonds. The zero-order valence-electron chi connectivity index (χ0n) is 9.90. The Morgan fingerprint density at radius 1 is 1.47 bits per heavy atom. The topological polar surface area (TPSA) is 86.0 Å². The third kappa shape index (κ3) is 3.31. The highest BCUT2D eigenvalue weighted by Gasteiger charge is 2.13. The lowest BCUT2D eigenvalue weighted by Gasteiger charge is -2.06. The van der Waals surface area contributed by atoms with Crippen LogP contribution in [-0.4, -0.2) is 16.0 Å². The number of rotatable bonds is 2. The average Bonchev–Trinajstić information content (AvgIpc) is 2.15. The molecule has 0 bridgehead atoms. The maximum absolute atomic E-state index is 11.6. The standard InChI is InChI=1S/C12H13N3O2/c1-7-4-8(2)14-11(5-7)15-12(17)10(6-13)9(3)16/h4-5,16H,1-3H3,(H,14,15,17). The van der Waals surface area contributed by atoms with Crippen molar-refractivity contribution in [3.8, 4) is 6.07 Å². The zero-order chi connectivity index (χ0) is 13.0. The van der Waals surface area contributed by atoms with Gasteiger partial charge in [-0.05, 0) is 38.5 Å². The van der Waals surface area contributed by atoms with Gasteiger partial charge >= 0.3 is 0 Å². The fourth-order valence-electron chi connectivity index (χ4n) is 1.38. The summed E-state index contributed by atoms with van der Waals surface area (Å²) >= 11 is 0. The fourth-order valence-corrected chi connectivity index (χ4v) is 1.38. The Kier molecular flexibility index (Phi) is 3.83. The molecule has 0 saturated carbocycles. The molecule has 0 aliphatic heterocycles. The van der Waals surface area contributed by atoms with Crippen LogP contribution in [-0.2, 0) is 4.79 Å². The molecule has 88 valence electrons. The van der Waals surface area contributed by atoms with Gasteiger partial charge in [-0.3, -0.25) is 4.79 Å². The second-order valence-corrected chi connectivity index (χ2v) is 3.70. The van der Waals surface area contributed by atoms with Crippen LogP contribution in [0.5, 0.6) is 0 Å². The Balaban J connectivity index is 2.97. The molecule has 0 unspecified atom stereocenters. The van der Waals surface area contributed by atoms with E-state index in [1.165, 1.54) is 6.92 Å². The van der Waals surface area contributed by atoms with Crippen molar-refractivity contribution in [2.75, 3.05) is 5.32 Å². The predicted molar refractivity (Wildman–Crippen MR) is 63.3 cm³/mol. The Morgan fingerprint density at radius 2 is 2.12 bits per heavy atom. The molecule has 0 aliphatic carbocycles. The van der Waals surface area contributed by atoms with Crippen molar-refractivity contribution in [1.82, 2.24) is 4.98 Å². The summed E-state index contributed by atoms with van der Waals surface area (Å²) in [5.41, 5.74) is 1.41. The van der Waals surface area contributed by atoms with E-state index < -0.39 is 5.91 Å². The number of nitrogens with one attached hydrogen (secondary N) is 1. The van der Waals surface area contributed by atoms with Gasteiger partial charge in [0.1, 0.15) is 17.6 Å². The van der Waals surface area contributed by atoms with E-state index in [0.29, 0.717) is 5.82 Å². The molecule has 0 fully saturated rings. The number of aliphatic hydroxyl groups is 1. The summed E-state index contributed by atoms with van der Waals surface area (Å²) < 4.78 is 0. The summed E-state index contributed by atoms with van der Waals surface area (Å²) in [6.07, 6.45) is 0. The molecular formula is C12H13N3O2. The molecule has 1 aromatic rings. The summed E-state index contributed by atoms with van der Waals surface area (Å²) in [5, 5.41) is 20.3. The van der Waals surface area contributed by atoms with Crippen LogP contribution in [0.3, 0.4) is 0 Å². The van der Waals surface area contributed by atoms with Crippen LogP contribution in [0.2, 0.25) is 0 Å². The molecule has 1 heterocycles. The minimum absolute atomic E-state index is 0.311. The molecule has 5 heteroatoms. The smallest absolute Gasteiger partial charge is 0.270 e. The number of anilines is 1. The largest absolute Gasteiger partial charge is 0.511 e. The lowest BCUT2D eigenvalue weighted by Crippen LogP contribution is -2.16. The quantitative estimate of drug-likeness (QED) is 0.463.